The van der Waals surface area contributed by atoms with E-state index < -0.39 is 6.10 Å². The molecular formula is C15H13NO2. The normalized spacial score (nSPS) is 11.6. The Morgan fingerprint density at radius 3 is 2.22 bits per heavy atom. The Bertz CT molecular complexity index is 529. The van der Waals surface area contributed by atoms with Gasteiger partial charge in [0.2, 0.25) is 0 Å². The first-order chi connectivity index (χ1) is 8.79. The van der Waals surface area contributed by atoms with Crippen LogP contribution in [0.5, 0.6) is 5.75 Å². The molecular weight excluding hydrogens is 226 g/mol. The molecule has 2 aromatic carbocycles. The first kappa shape index (κ1) is 12.2. The molecule has 0 radical (unpaired) electrons. The highest BCUT2D eigenvalue weighted by molar-refractivity contribution is 5.63. The Morgan fingerprint density at radius 2 is 1.61 bits per heavy atom. The van der Waals surface area contributed by atoms with E-state index in [-0.39, 0.29) is 6.61 Å². The number of aliphatic hydroxyl groups excluding tert-OH is 1. The van der Waals surface area contributed by atoms with Crippen molar-refractivity contribution in [2.45, 2.75) is 6.10 Å². The van der Waals surface area contributed by atoms with Gasteiger partial charge in [0.05, 0.1) is 6.07 Å². The Hall–Kier alpha value is -2.31. The van der Waals surface area contributed by atoms with Crippen molar-refractivity contribution in [3.05, 3.63) is 54.6 Å². The molecule has 1 N–H and O–H groups in total. The van der Waals surface area contributed by atoms with Crippen LogP contribution in [0.15, 0.2) is 54.6 Å². The number of hydrogen-bond acceptors (Lipinski definition) is 3. The maximum atomic E-state index is 9.07. The highest BCUT2D eigenvalue weighted by Gasteiger charge is 2.03. The Labute approximate surface area is 106 Å². The predicted molar refractivity (Wildman–Crippen MR) is 69.0 cm³/mol. The van der Waals surface area contributed by atoms with Crippen molar-refractivity contribution in [1.82, 2.24) is 0 Å². The summed E-state index contributed by atoms with van der Waals surface area (Å²) in [6, 6.07) is 19.3. The second-order valence-corrected chi connectivity index (χ2v) is 3.85. The molecule has 0 aliphatic heterocycles. The number of nitriles is 1. The van der Waals surface area contributed by atoms with Gasteiger partial charge in [0, 0.05) is 0 Å². The van der Waals surface area contributed by atoms with Gasteiger partial charge in [-0.05, 0) is 23.3 Å². The molecule has 0 saturated carbocycles. The van der Waals surface area contributed by atoms with Gasteiger partial charge in [-0.25, -0.2) is 0 Å². The smallest absolute Gasteiger partial charge is 0.174 e. The minimum Gasteiger partial charge on any atom is -0.490 e. The second-order valence-electron chi connectivity index (χ2n) is 3.85. The summed E-state index contributed by atoms with van der Waals surface area (Å²) in [5.74, 6) is 0.643. The van der Waals surface area contributed by atoms with E-state index in [1.165, 1.54) is 0 Å². The van der Waals surface area contributed by atoms with Crippen LogP contribution in [0.4, 0.5) is 0 Å². The maximum absolute atomic E-state index is 9.07. The fraction of sp³-hybridized carbons (Fsp3) is 0.133. The molecule has 0 spiro atoms. The zero-order valence-corrected chi connectivity index (χ0v) is 9.78. The molecule has 3 nitrogen and oxygen atoms in total. The van der Waals surface area contributed by atoms with E-state index in [2.05, 4.69) is 0 Å². The molecule has 0 fully saturated rings. The largest absolute Gasteiger partial charge is 0.490 e. The average Bonchev–Trinajstić information content (AvgIpc) is 2.46. The zero-order chi connectivity index (χ0) is 12.8. The quantitative estimate of drug-likeness (QED) is 0.834. The van der Waals surface area contributed by atoms with Crippen molar-refractivity contribution in [3.63, 3.8) is 0 Å². The van der Waals surface area contributed by atoms with Gasteiger partial charge in [0.25, 0.3) is 0 Å². The van der Waals surface area contributed by atoms with Gasteiger partial charge < -0.3 is 9.84 Å². The standard InChI is InChI=1S/C15H13NO2/c16-10-14(17)11-18-15-8-6-13(7-9-15)12-4-2-1-3-5-12/h1-9,14,17H,11H2. The Balaban J connectivity index is 2.05. The fourth-order valence-electron chi connectivity index (χ4n) is 1.59. The summed E-state index contributed by atoms with van der Waals surface area (Å²) in [6.07, 6.45) is -1.08. The van der Waals surface area contributed by atoms with Gasteiger partial charge in [0.1, 0.15) is 12.4 Å². The van der Waals surface area contributed by atoms with Crippen LogP contribution in [0.2, 0.25) is 0 Å². The third kappa shape index (κ3) is 3.09. The number of hydrogen-bond donors (Lipinski definition) is 1. The first-order valence-electron chi connectivity index (χ1n) is 5.65. The van der Waals surface area contributed by atoms with Crippen molar-refractivity contribution < 1.29 is 9.84 Å². The Kier molecular flexibility index (Phi) is 3.95. The zero-order valence-electron chi connectivity index (χ0n) is 9.78. The Morgan fingerprint density at radius 1 is 1.00 bits per heavy atom. The van der Waals surface area contributed by atoms with Crippen molar-refractivity contribution in [1.29, 1.82) is 5.26 Å². The lowest BCUT2D eigenvalue weighted by atomic mass is 10.1. The second kappa shape index (κ2) is 5.85. The number of benzene rings is 2. The van der Waals surface area contributed by atoms with Gasteiger partial charge in [-0.3, -0.25) is 0 Å². The first-order valence-corrected chi connectivity index (χ1v) is 5.65. The monoisotopic (exact) mass is 239 g/mol. The van der Waals surface area contributed by atoms with E-state index in [0.717, 1.165) is 11.1 Å². The van der Waals surface area contributed by atoms with Crippen LogP contribution in [-0.4, -0.2) is 17.8 Å². The molecule has 90 valence electrons. The third-order valence-corrected chi connectivity index (χ3v) is 2.52. The molecule has 0 aliphatic carbocycles. The van der Waals surface area contributed by atoms with Gasteiger partial charge in [-0.15, -0.1) is 0 Å². The summed E-state index contributed by atoms with van der Waals surface area (Å²) < 4.78 is 5.28. The van der Waals surface area contributed by atoms with E-state index >= 15 is 0 Å². The minimum absolute atomic E-state index is 0.0127. The molecule has 2 aromatic rings. The van der Waals surface area contributed by atoms with Crippen LogP contribution < -0.4 is 4.74 Å². The molecule has 1 unspecified atom stereocenters. The lowest BCUT2D eigenvalue weighted by Crippen LogP contribution is -2.14. The van der Waals surface area contributed by atoms with E-state index in [1.54, 1.807) is 6.07 Å². The van der Waals surface area contributed by atoms with Crippen molar-refractivity contribution in [3.8, 4) is 22.9 Å². The van der Waals surface area contributed by atoms with Crippen LogP contribution in [0, 0.1) is 11.3 Å². The highest BCUT2D eigenvalue weighted by Crippen LogP contribution is 2.21. The van der Waals surface area contributed by atoms with Gasteiger partial charge in [0.15, 0.2) is 6.10 Å². The van der Waals surface area contributed by atoms with Crippen molar-refractivity contribution in [2.24, 2.45) is 0 Å². The topological polar surface area (TPSA) is 53.2 Å². The molecule has 1 atom stereocenters. The van der Waals surface area contributed by atoms with E-state index in [4.69, 9.17) is 15.1 Å². The molecule has 3 heteroatoms. The minimum atomic E-state index is -1.08. The van der Waals surface area contributed by atoms with Gasteiger partial charge in [-0.1, -0.05) is 42.5 Å². The van der Waals surface area contributed by atoms with Crippen LogP contribution in [0.25, 0.3) is 11.1 Å². The summed E-state index contributed by atoms with van der Waals surface area (Å²) in [5, 5.41) is 17.5. The predicted octanol–water partition coefficient (Wildman–Crippen LogP) is 2.62. The summed E-state index contributed by atoms with van der Waals surface area (Å²) in [6.45, 7) is -0.0127. The fourth-order valence-corrected chi connectivity index (χ4v) is 1.59. The summed E-state index contributed by atoms with van der Waals surface area (Å²) >= 11 is 0. The molecule has 2 rings (SSSR count). The van der Waals surface area contributed by atoms with Crippen LogP contribution in [-0.2, 0) is 0 Å². The molecule has 0 heterocycles. The molecule has 0 amide bonds. The number of nitrogens with zero attached hydrogens (tertiary/aromatic N) is 1. The summed E-state index contributed by atoms with van der Waals surface area (Å²) in [4.78, 5) is 0. The summed E-state index contributed by atoms with van der Waals surface area (Å²) in [5.41, 5.74) is 2.24. The molecule has 0 saturated heterocycles. The molecule has 0 aromatic heterocycles. The van der Waals surface area contributed by atoms with Crippen LogP contribution in [0.3, 0.4) is 0 Å². The molecule has 0 bridgehead atoms. The SMILES string of the molecule is N#CC(O)COc1ccc(-c2ccccc2)cc1. The highest BCUT2D eigenvalue weighted by atomic mass is 16.5. The maximum Gasteiger partial charge on any atom is 0.174 e. The van der Waals surface area contributed by atoms with E-state index in [1.807, 2.05) is 54.6 Å². The van der Waals surface area contributed by atoms with Crippen LogP contribution in [0.1, 0.15) is 0 Å². The average molecular weight is 239 g/mol. The van der Waals surface area contributed by atoms with Crippen molar-refractivity contribution in [2.75, 3.05) is 6.61 Å². The number of aliphatic hydroxyl groups is 1. The van der Waals surface area contributed by atoms with E-state index in [0.29, 0.717) is 5.75 Å². The lowest BCUT2D eigenvalue weighted by molar-refractivity contribution is 0.150. The van der Waals surface area contributed by atoms with E-state index in [9.17, 15) is 0 Å². The van der Waals surface area contributed by atoms with Crippen molar-refractivity contribution >= 4 is 0 Å². The van der Waals surface area contributed by atoms with Gasteiger partial charge >= 0.3 is 0 Å². The molecule has 18 heavy (non-hydrogen) atoms. The number of ether oxygens (including phenoxy) is 1. The van der Waals surface area contributed by atoms with Crippen LogP contribution >= 0.6 is 0 Å². The molecule has 0 aliphatic rings. The number of rotatable bonds is 4. The lowest BCUT2D eigenvalue weighted by Gasteiger charge is -2.07. The van der Waals surface area contributed by atoms with Gasteiger partial charge in [-0.2, -0.15) is 5.26 Å². The third-order valence-electron chi connectivity index (χ3n) is 2.52. The summed E-state index contributed by atoms with van der Waals surface area (Å²) in [7, 11) is 0.